The summed E-state index contributed by atoms with van der Waals surface area (Å²) in [7, 11) is 0. The van der Waals surface area contributed by atoms with Crippen LogP contribution in [0.1, 0.15) is 45.2 Å². The van der Waals surface area contributed by atoms with E-state index in [1.165, 1.54) is 12.1 Å². The van der Waals surface area contributed by atoms with Crippen LogP contribution in [0.3, 0.4) is 0 Å². The average Bonchev–Trinajstić information content (AvgIpc) is 3.15. The van der Waals surface area contributed by atoms with Crippen LogP contribution in [0.25, 0.3) is 17.2 Å². The van der Waals surface area contributed by atoms with Gasteiger partial charge in [0.05, 0.1) is 18.2 Å². The van der Waals surface area contributed by atoms with Crippen LogP contribution in [0.15, 0.2) is 48.7 Å². The van der Waals surface area contributed by atoms with Gasteiger partial charge in [0, 0.05) is 23.7 Å². The highest BCUT2D eigenvalue weighted by atomic mass is 19.1. The molecule has 1 amide bonds. The van der Waals surface area contributed by atoms with Crippen LogP contribution in [0.5, 0.6) is 0 Å². The van der Waals surface area contributed by atoms with Crippen molar-refractivity contribution in [2.75, 3.05) is 6.61 Å². The first-order chi connectivity index (χ1) is 17.4. The molecule has 2 heterocycles. The maximum absolute atomic E-state index is 13.6. The van der Waals surface area contributed by atoms with E-state index in [0.717, 1.165) is 42.5 Å². The molecule has 0 radical (unpaired) electrons. The standard InChI is InChI=1S/C29H33FN2O4/c1-3-35-29(34)32-23-10-11-24-20(14-23)15-26-27(17(2)36-28(26)33)25(24)12-9-22-8-7-19(16-31-22)18-5-4-6-21(30)13-18/h4-9,12-13,16-17,20,23-27H,3,10-11,14-15H2,1-2H3,(H,32,34)/t17-,20-,23-,24+,25-,26+,27-/m0/s1. The largest absolute Gasteiger partial charge is 0.462 e. The van der Waals surface area contributed by atoms with Gasteiger partial charge in [-0.15, -0.1) is 0 Å². The SMILES string of the molecule is CCOC(=O)N[C@H]1CC[C@@H]2[C@@H](C1)C[C@H]1C(=O)O[C@@H](C)[C@H]1[C@H]2C=Cc1ccc(-c2cccc(F)c2)cn1. The number of cyclic esters (lactones) is 1. The Kier molecular flexibility index (Phi) is 7.08. The molecule has 1 aromatic heterocycles. The summed E-state index contributed by atoms with van der Waals surface area (Å²) in [5.41, 5.74) is 2.48. The van der Waals surface area contributed by atoms with Crippen molar-refractivity contribution in [1.82, 2.24) is 10.3 Å². The van der Waals surface area contributed by atoms with Gasteiger partial charge in [-0.2, -0.15) is 0 Å². The summed E-state index contributed by atoms with van der Waals surface area (Å²) in [6, 6.07) is 10.4. The van der Waals surface area contributed by atoms with Crippen molar-refractivity contribution in [3.8, 4) is 11.1 Å². The molecular formula is C29H33FN2O4. The van der Waals surface area contributed by atoms with Crippen LogP contribution in [-0.2, 0) is 14.3 Å². The summed E-state index contributed by atoms with van der Waals surface area (Å²) >= 11 is 0. The number of esters is 1. The third-order valence-electron chi connectivity index (χ3n) is 8.18. The van der Waals surface area contributed by atoms with Crippen molar-refractivity contribution < 1.29 is 23.5 Å². The first-order valence-corrected chi connectivity index (χ1v) is 13.0. The number of rotatable bonds is 5. The van der Waals surface area contributed by atoms with Crippen molar-refractivity contribution >= 4 is 18.1 Å². The molecule has 3 aliphatic rings. The molecule has 5 rings (SSSR count). The normalized spacial score (nSPS) is 31.4. The van der Waals surface area contributed by atoms with E-state index in [4.69, 9.17) is 9.47 Å². The molecule has 36 heavy (non-hydrogen) atoms. The van der Waals surface area contributed by atoms with Crippen molar-refractivity contribution in [2.45, 2.75) is 51.7 Å². The van der Waals surface area contributed by atoms with Gasteiger partial charge in [0.1, 0.15) is 11.9 Å². The third kappa shape index (κ3) is 5.01. The zero-order valence-electron chi connectivity index (χ0n) is 20.7. The highest BCUT2D eigenvalue weighted by molar-refractivity contribution is 5.75. The summed E-state index contributed by atoms with van der Waals surface area (Å²) in [5, 5.41) is 3.00. The van der Waals surface area contributed by atoms with Gasteiger partial charge in [0.15, 0.2) is 0 Å². The smallest absolute Gasteiger partial charge is 0.407 e. The van der Waals surface area contributed by atoms with E-state index in [2.05, 4.69) is 16.4 Å². The number of fused-ring (bicyclic) bond motifs is 2. The van der Waals surface area contributed by atoms with Crippen LogP contribution in [0.4, 0.5) is 9.18 Å². The summed E-state index contributed by atoms with van der Waals surface area (Å²) in [6.07, 6.45) is 9.07. The second-order valence-electron chi connectivity index (χ2n) is 10.3. The third-order valence-corrected chi connectivity index (χ3v) is 8.18. The number of pyridine rings is 1. The first kappa shape index (κ1) is 24.5. The maximum atomic E-state index is 13.6. The fraction of sp³-hybridized carbons (Fsp3) is 0.483. The van der Waals surface area contributed by atoms with Crippen molar-refractivity contribution in [3.05, 3.63) is 60.2 Å². The van der Waals surface area contributed by atoms with Gasteiger partial charge in [-0.1, -0.05) is 24.3 Å². The van der Waals surface area contributed by atoms with E-state index < -0.39 is 0 Å². The molecule has 2 aromatic rings. The number of ether oxygens (including phenoxy) is 2. The quantitative estimate of drug-likeness (QED) is 0.548. The number of nitrogens with zero attached hydrogens (tertiary/aromatic N) is 1. The van der Waals surface area contributed by atoms with E-state index in [1.54, 1.807) is 19.2 Å². The Morgan fingerprint density at radius 3 is 2.83 bits per heavy atom. The number of carbonyl (C=O) groups is 2. The number of hydrogen-bond acceptors (Lipinski definition) is 5. The minimum Gasteiger partial charge on any atom is -0.462 e. The fourth-order valence-electron chi connectivity index (χ4n) is 6.64. The minimum absolute atomic E-state index is 0.0679. The number of hydrogen-bond donors (Lipinski definition) is 1. The number of aromatic nitrogens is 1. The Balaban J connectivity index is 1.34. The van der Waals surface area contributed by atoms with E-state index >= 15 is 0 Å². The Morgan fingerprint density at radius 2 is 2.08 bits per heavy atom. The molecule has 6 nitrogen and oxygen atoms in total. The van der Waals surface area contributed by atoms with E-state index in [1.807, 2.05) is 31.2 Å². The summed E-state index contributed by atoms with van der Waals surface area (Å²) < 4.78 is 24.3. The lowest BCUT2D eigenvalue weighted by Crippen LogP contribution is -2.48. The van der Waals surface area contributed by atoms with Crippen molar-refractivity contribution in [3.63, 3.8) is 0 Å². The molecule has 190 valence electrons. The van der Waals surface area contributed by atoms with Gasteiger partial charge in [-0.25, -0.2) is 9.18 Å². The second kappa shape index (κ2) is 10.4. The van der Waals surface area contributed by atoms with Crippen LogP contribution < -0.4 is 5.32 Å². The lowest BCUT2D eigenvalue weighted by Gasteiger charge is -2.47. The minimum atomic E-state index is -0.368. The summed E-state index contributed by atoms with van der Waals surface area (Å²) in [5.74, 6) is 0.629. The van der Waals surface area contributed by atoms with Gasteiger partial charge in [-0.05, 0) is 87.1 Å². The fourth-order valence-corrected chi connectivity index (χ4v) is 6.64. The number of allylic oxidation sites excluding steroid dienone is 1. The molecular weight excluding hydrogens is 459 g/mol. The number of benzene rings is 1. The summed E-state index contributed by atoms with van der Waals surface area (Å²) in [6.45, 7) is 4.15. The number of nitrogens with one attached hydrogen (secondary N) is 1. The second-order valence-corrected chi connectivity index (χ2v) is 10.3. The van der Waals surface area contributed by atoms with Gasteiger partial charge in [-0.3, -0.25) is 9.78 Å². The number of carbonyl (C=O) groups excluding carboxylic acids is 2. The monoisotopic (exact) mass is 492 g/mol. The highest BCUT2D eigenvalue weighted by Gasteiger charge is 2.54. The highest BCUT2D eigenvalue weighted by Crippen LogP contribution is 2.53. The van der Waals surface area contributed by atoms with Gasteiger partial charge in [0.2, 0.25) is 0 Å². The van der Waals surface area contributed by atoms with Crippen LogP contribution >= 0.6 is 0 Å². The number of amides is 1. The number of alkyl carbamates (subject to hydrolysis) is 1. The van der Waals surface area contributed by atoms with Gasteiger partial charge in [0.25, 0.3) is 0 Å². The van der Waals surface area contributed by atoms with Gasteiger partial charge < -0.3 is 14.8 Å². The molecule has 1 aliphatic heterocycles. The Hall–Kier alpha value is -3.22. The Labute approximate surface area is 211 Å². The van der Waals surface area contributed by atoms with Crippen molar-refractivity contribution in [2.24, 2.45) is 29.6 Å². The molecule has 1 saturated heterocycles. The molecule has 1 N–H and O–H groups in total. The Bertz CT molecular complexity index is 1130. The maximum Gasteiger partial charge on any atom is 0.407 e. The van der Waals surface area contributed by atoms with Crippen LogP contribution in [-0.4, -0.2) is 35.8 Å². The lowest BCUT2D eigenvalue weighted by molar-refractivity contribution is -0.144. The first-order valence-electron chi connectivity index (χ1n) is 13.0. The molecule has 7 atom stereocenters. The van der Waals surface area contributed by atoms with Gasteiger partial charge >= 0.3 is 12.1 Å². The molecule has 3 fully saturated rings. The lowest BCUT2D eigenvalue weighted by atomic mass is 9.57. The van der Waals surface area contributed by atoms with E-state index in [-0.39, 0.29) is 47.8 Å². The van der Waals surface area contributed by atoms with Crippen LogP contribution in [0, 0.1) is 35.4 Å². The molecule has 0 bridgehead atoms. The predicted octanol–water partition coefficient (Wildman–Crippen LogP) is 5.63. The molecule has 2 saturated carbocycles. The zero-order valence-corrected chi connectivity index (χ0v) is 20.7. The molecule has 0 unspecified atom stereocenters. The zero-order chi connectivity index (χ0) is 25.2. The molecule has 7 heteroatoms. The predicted molar refractivity (Wildman–Crippen MR) is 134 cm³/mol. The molecule has 1 aromatic carbocycles. The van der Waals surface area contributed by atoms with E-state index in [9.17, 15) is 14.0 Å². The van der Waals surface area contributed by atoms with Crippen LogP contribution in [0.2, 0.25) is 0 Å². The summed E-state index contributed by atoms with van der Waals surface area (Å²) in [4.78, 5) is 29.2. The average molecular weight is 493 g/mol. The van der Waals surface area contributed by atoms with E-state index in [0.29, 0.717) is 18.4 Å². The van der Waals surface area contributed by atoms with Crippen molar-refractivity contribution in [1.29, 1.82) is 0 Å². The molecule has 0 spiro atoms. The topological polar surface area (TPSA) is 77.5 Å². The Morgan fingerprint density at radius 1 is 1.22 bits per heavy atom. The molecule has 2 aliphatic carbocycles. The number of halogens is 1.